The van der Waals surface area contributed by atoms with Crippen LogP contribution in [-0.2, 0) is 4.79 Å². The molecule has 0 spiro atoms. The maximum Gasteiger partial charge on any atom is 0.238 e. The number of ether oxygens (including phenoxy) is 1. The van der Waals surface area contributed by atoms with Crippen LogP contribution in [0.25, 0.3) is 0 Å². The highest BCUT2D eigenvalue weighted by atomic mass is 16.5. The highest BCUT2D eigenvalue weighted by Crippen LogP contribution is 2.23. The van der Waals surface area contributed by atoms with Crippen LogP contribution in [0.2, 0.25) is 0 Å². The first kappa shape index (κ1) is 17.3. The topological polar surface area (TPSA) is 44.8 Å². The number of nitrogens with zero attached hydrogens (tertiary/aromatic N) is 2. The van der Waals surface area contributed by atoms with Crippen LogP contribution in [0, 0.1) is 0 Å². The van der Waals surface area contributed by atoms with Crippen LogP contribution in [0.4, 0.5) is 11.4 Å². The Morgan fingerprint density at radius 2 is 1.68 bits per heavy atom. The summed E-state index contributed by atoms with van der Waals surface area (Å²) in [4.78, 5) is 16.9. The predicted octanol–water partition coefficient (Wildman–Crippen LogP) is 2.85. The fraction of sp³-hybridized carbons (Fsp3) is 0.350. The van der Waals surface area contributed by atoms with Crippen LogP contribution in [-0.4, -0.2) is 50.1 Å². The Bertz CT molecular complexity index is 682. The lowest BCUT2D eigenvalue weighted by Crippen LogP contribution is -2.48. The van der Waals surface area contributed by atoms with E-state index < -0.39 is 0 Å². The highest BCUT2D eigenvalue weighted by molar-refractivity contribution is 5.93. The third kappa shape index (κ3) is 4.73. The predicted molar refractivity (Wildman–Crippen MR) is 101 cm³/mol. The summed E-state index contributed by atoms with van der Waals surface area (Å²) in [5, 5.41) is 2.97. The van der Waals surface area contributed by atoms with E-state index in [0.717, 1.165) is 31.9 Å². The Morgan fingerprint density at radius 3 is 2.40 bits per heavy atom. The first-order valence-electron chi connectivity index (χ1n) is 8.80. The van der Waals surface area contributed by atoms with E-state index in [0.29, 0.717) is 18.9 Å². The molecular formula is C20H25N3O2. The van der Waals surface area contributed by atoms with Gasteiger partial charge in [-0.25, -0.2) is 0 Å². The molecule has 132 valence electrons. The number of carbonyl (C=O) groups is 1. The second kappa shape index (κ2) is 8.53. The fourth-order valence-electron chi connectivity index (χ4n) is 3.05. The normalized spacial score (nSPS) is 15.0. The maximum absolute atomic E-state index is 12.4. The zero-order chi connectivity index (χ0) is 17.5. The van der Waals surface area contributed by atoms with Crippen molar-refractivity contribution in [2.45, 2.75) is 6.92 Å². The minimum absolute atomic E-state index is 0.000291. The van der Waals surface area contributed by atoms with Crippen LogP contribution in [0.3, 0.4) is 0 Å². The summed E-state index contributed by atoms with van der Waals surface area (Å²) >= 11 is 0. The van der Waals surface area contributed by atoms with E-state index in [1.54, 1.807) is 0 Å². The minimum atomic E-state index is 0.000291. The zero-order valence-electron chi connectivity index (χ0n) is 14.6. The number of carbonyl (C=O) groups excluding carboxylic acids is 1. The van der Waals surface area contributed by atoms with E-state index in [1.807, 2.05) is 37.3 Å². The molecule has 1 saturated heterocycles. The summed E-state index contributed by atoms with van der Waals surface area (Å²) in [6.45, 7) is 6.56. The van der Waals surface area contributed by atoms with E-state index >= 15 is 0 Å². The van der Waals surface area contributed by atoms with Crippen LogP contribution < -0.4 is 15.0 Å². The molecule has 3 rings (SSSR count). The molecule has 0 unspecified atom stereocenters. The quantitative estimate of drug-likeness (QED) is 0.879. The molecular weight excluding hydrogens is 314 g/mol. The molecule has 0 aliphatic carbocycles. The van der Waals surface area contributed by atoms with Gasteiger partial charge < -0.3 is 15.0 Å². The first-order chi connectivity index (χ1) is 12.3. The second-order valence-corrected chi connectivity index (χ2v) is 6.08. The van der Waals surface area contributed by atoms with Crippen molar-refractivity contribution in [2.24, 2.45) is 0 Å². The van der Waals surface area contributed by atoms with Gasteiger partial charge in [-0.1, -0.05) is 30.3 Å². The lowest BCUT2D eigenvalue weighted by Gasteiger charge is -2.35. The number of rotatable bonds is 6. The molecule has 25 heavy (non-hydrogen) atoms. The van der Waals surface area contributed by atoms with Gasteiger partial charge in [0.15, 0.2) is 0 Å². The molecule has 5 heteroatoms. The summed E-state index contributed by atoms with van der Waals surface area (Å²) in [7, 11) is 0. The fourth-order valence-corrected chi connectivity index (χ4v) is 3.05. The zero-order valence-corrected chi connectivity index (χ0v) is 14.6. The van der Waals surface area contributed by atoms with Crippen molar-refractivity contribution in [2.75, 3.05) is 49.5 Å². The van der Waals surface area contributed by atoms with Crippen molar-refractivity contribution in [1.29, 1.82) is 0 Å². The molecule has 1 amide bonds. The summed E-state index contributed by atoms with van der Waals surface area (Å²) in [5.41, 5.74) is 1.98. The number of hydrogen-bond donors (Lipinski definition) is 1. The average Bonchev–Trinajstić information content (AvgIpc) is 2.65. The van der Waals surface area contributed by atoms with E-state index in [4.69, 9.17) is 4.74 Å². The van der Waals surface area contributed by atoms with Gasteiger partial charge in [0.05, 0.1) is 18.8 Å². The molecule has 0 aromatic heterocycles. The van der Waals surface area contributed by atoms with Gasteiger partial charge in [-0.05, 0) is 31.2 Å². The van der Waals surface area contributed by atoms with E-state index in [-0.39, 0.29) is 5.91 Å². The lowest BCUT2D eigenvalue weighted by molar-refractivity contribution is -0.117. The molecule has 1 aliphatic heterocycles. The van der Waals surface area contributed by atoms with Gasteiger partial charge in [-0.15, -0.1) is 0 Å². The van der Waals surface area contributed by atoms with Crippen molar-refractivity contribution >= 4 is 17.3 Å². The molecule has 1 fully saturated rings. The van der Waals surface area contributed by atoms with Crippen molar-refractivity contribution < 1.29 is 9.53 Å². The molecule has 0 atom stereocenters. The van der Waals surface area contributed by atoms with Crippen molar-refractivity contribution in [3.63, 3.8) is 0 Å². The number of amides is 1. The summed E-state index contributed by atoms with van der Waals surface area (Å²) in [6, 6.07) is 18.0. The Morgan fingerprint density at radius 1 is 1.00 bits per heavy atom. The number of anilines is 2. The molecule has 2 aromatic rings. The average molecular weight is 339 g/mol. The molecule has 0 saturated carbocycles. The lowest BCUT2D eigenvalue weighted by atomic mass is 10.2. The molecule has 1 N–H and O–H groups in total. The minimum Gasteiger partial charge on any atom is -0.492 e. The Balaban J connectivity index is 1.50. The highest BCUT2D eigenvalue weighted by Gasteiger charge is 2.19. The van der Waals surface area contributed by atoms with Crippen LogP contribution in [0.5, 0.6) is 5.75 Å². The SMILES string of the molecule is CCOc1ccccc1NC(=O)CN1CCN(c2ccccc2)CC1. The van der Waals surface area contributed by atoms with Crippen molar-refractivity contribution in [3.05, 3.63) is 54.6 Å². The number of hydrogen-bond acceptors (Lipinski definition) is 4. The molecule has 1 heterocycles. The van der Waals surface area contributed by atoms with Gasteiger partial charge in [-0.2, -0.15) is 0 Å². The monoisotopic (exact) mass is 339 g/mol. The smallest absolute Gasteiger partial charge is 0.238 e. The van der Waals surface area contributed by atoms with Gasteiger partial charge in [0.2, 0.25) is 5.91 Å². The van der Waals surface area contributed by atoms with Crippen LogP contribution in [0.15, 0.2) is 54.6 Å². The van der Waals surface area contributed by atoms with Crippen LogP contribution in [0.1, 0.15) is 6.92 Å². The molecule has 0 bridgehead atoms. The van der Waals surface area contributed by atoms with Crippen LogP contribution >= 0.6 is 0 Å². The Kier molecular flexibility index (Phi) is 5.90. The summed E-state index contributed by atoms with van der Waals surface area (Å²) in [5.74, 6) is 0.715. The van der Waals surface area contributed by atoms with Crippen molar-refractivity contribution in [1.82, 2.24) is 4.90 Å². The number of para-hydroxylation sites is 3. The maximum atomic E-state index is 12.4. The third-order valence-electron chi connectivity index (χ3n) is 4.32. The molecule has 2 aromatic carbocycles. The molecule has 1 aliphatic rings. The third-order valence-corrected chi connectivity index (χ3v) is 4.32. The van der Waals surface area contributed by atoms with Gasteiger partial charge in [0, 0.05) is 31.9 Å². The van der Waals surface area contributed by atoms with Gasteiger partial charge >= 0.3 is 0 Å². The van der Waals surface area contributed by atoms with E-state index in [9.17, 15) is 4.79 Å². The van der Waals surface area contributed by atoms with Gasteiger partial charge in [-0.3, -0.25) is 9.69 Å². The van der Waals surface area contributed by atoms with Gasteiger partial charge in [0.1, 0.15) is 5.75 Å². The summed E-state index contributed by atoms with van der Waals surface area (Å²) < 4.78 is 5.56. The Hall–Kier alpha value is -2.53. The summed E-state index contributed by atoms with van der Waals surface area (Å²) in [6.07, 6.45) is 0. The van der Waals surface area contributed by atoms with E-state index in [1.165, 1.54) is 5.69 Å². The largest absolute Gasteiger partial charge is 0.492 e. The number of piperazine rings is 1. The van der Waals surface area contributed by atoms with E-state index in [2.05, 4.69) is 39.4 Å². The molecule has 0 radical (unpaired) electrons. The van der Waals surface area contributed by atoms with Crippen molar-refractivity contribution in [3.8, 4) is 5.75 Å². The molecule has 5 nitrogen and oxygen atoms in total. The number of nitrogens with one attached hydrogen (secondary N) is 1. The second-order valence-electron chi connectivity index (χ2n) is 6.08. The standard InChI is InChI=1S/C20H25N3O2/c1-2-25-19-11-7-6-10-18(19)21-20(24)16-22-12-14-23(15-13-22)17-8-4-3-5-9-17/h3-11H,2,12-16H2,1H3,(H,21,24). The first-order valence-corrected chi connectivity index (χ1v) is 8.80. The van der Waals surface area contributed by atoms with Gasteiger partial charge in [0.25, 0.3) is 0 Å². The Labute approximate surface area is 149 Å². The number of benzene rings is 2.